The van der Waals surface area contributed by atoms with E-state index in [1.165, 1.54) is 31.0 Å². The number of nitrogens with zero attached hydrogens (tertiary/aromatic N) is 1. The fraction of sp³-hybridized carbons (Fsp3) is 0.220. The standard InChI is InChI=1S/C22H19N4O2PS.C10H8O.C9H17NO2.2H2/c1-24-22(27)18-7-2-3-8-21(18)30-16-10-11-17(20(14-16)26-29-28)19(23)12-9-15-6-4-5-13-25-15;11-10-7-3-5-8-4-1-2-6-9(8)10;1-7(10)9(11)12-8-5-3-2-4-6-8;;/h2-14,23H,1H3,(H,24,27)(H,26,28);1-7,11H;7-8H,2-6,10H2,1H3;2*1H/b12-9+,23-19?;;;;/t;;7-;;/m..0../s1. The molecule has 0 aliphatic heterocycles. The van der Waals surface area contributed by atoms with E-state index in [9.17, 15) is 19.3 Å². The number of aromatic nitrogens is 1. The Morgan fingerprint density at radius 3 is 2.40 bits per heavy atom. The molecule has 1 heterocycles. The van der Waals surface area contributed by atoms with Crippen LogP contribution in [0.4, 0.5) is 5.69 Å². The van der Waals surface area contributed by atoms with Crippen LogP contribution in [0.25, 0.3) is 16.8 Å². The normalized spacial score (nSPS) is 13.2. The maximum atomic E-state index is 12.1. The van der Waals surface area contributed by atoms with Crippen LogP contribution < -0.4 is 16.1 Å². The molecule has 1 aliphatic rings. The van der Waals surface area contributed by atoms with Gasteiger partial charge < -0.3 is 31.4 Å². The highest BCUT2D eigenvalue weighted by molar-refractivity contribution is 7.99. The van der Waals surface area contributed by atoms with Crippen LogP contribution in [-0.4, -0.2) is 46.9 Å². The monoisotopic (exact) mass is 753 g/mol. The average molecular weight is 754 g/mol. The predicted octanol–water partition coefficient (Wildman–Crippen LogP) is 9.54. The molecule has 1 aliphatic carbocycles. The highest BCUT2D eigenvalue weighted by Crippen LogP contribution is 2.34. The van der Waals surface area contributed by atoms with Crippen LogP contribution in [0, 0.1) is 5.41 Å². The number of ether oxygens (including phenoxy) is 1. The number of esters is 1. The van der Waals surface area contributed by atoms with Gasteiger partial charge in [-0.1, -0.05) is 72.8 Å². The molecule has 0 spiro atoms. The summed E-state index contributed by atoms with van der Waals surface area (Å²) in [6.45, 7) is 1.66. The molecule has 53 heavy (non-hydrogen) atoms. The van der Waals surface area contributed by atoms with Gasteiger partial charge in [-0.2, -0.15) is 0 Å². The number of anilines is 1. The van der Waals surface area contributed by atoms with Gasteiger partial charge in [-0.3, -0.25) is 14.6 Å². The number of benzene rings is 4. The molecule has 0 unspecified atom stereocenters. The molecule has 6 rings (SSSR count). The Hall–Kier alpha value is -5.35. The molecule has 12 heteroatoms. The first-order chi connectivity index (χ1) is 25.7. The van der Waals surface area contributed by atoms with Gasteiger partial charge in [-0.05, 0) is 98.7 Å². The number of pyridine rings is 1. The van der Waals surface area contributed by atoms with E-state index in [1.807, 2.05) is 84.9 Å². The average Bonchev–Trinajstić information content (AvgIpc) is 3.18. The number of phenols is 1. The van der Waals surface area contributed by atoms with Crippen molar-refractivity contribution in [1.29, 1.82) is 5.41 Å². The highest BCUT2D eigenvalue weighted by atomic mass is 32.2. The predicted molar refractivity (Wildman–Crippen MR) is 218 cm³/mol. The first-order valence-corrected chi connectivity index (χ1v) is 18.8. The van der Waals surface area contributed by atoms with Gasteiger partial charge >= 0.3 is 5.97 Å². The third-order valence-corrected chi connectivity index (χ3v) is 9.51. The second kappa shape index (κ2) is 21.2. The first kappa shape index (κ1) is 40.4. The van der Waals surface area contributed by atoms with Crippen molar-refractivity contribution < 1.29 is 26.9 Å². The lowest BCUT2D eigenvalue weighted by molar-refractivity contribution is -0.151. The highest BCUT2D eigenvalue weighted by Gasteiger charge is 2.19. The number of aromatic hydroxyl groups is 1. The topological polar surface area (TPSA) is 167 Å². The Morgan fingerprint density at radius 1 is 0.981 bits per heavy atom. The number of carbonyl (C=O) groups excluding carboxylic acids is 2. The summed E-state index contributed by atoms with van der Waals surface area (Å²) < 4.78 is 16.4. The lowest BCUT2D eigenvalue weighted by Gasteiger charge is -2.22. The zero-order valence-electron chi connectivity index (χ0n) is 29.7. The third kappa shape index (κ3) is 12.7. The van der Waals surface area contributed by atoms with Gasteiger partial charge in [-0.15, -0.1) is 0 Å². The molecule has 1 fully saturated rings. The maximum absolute atomic E-state index is 12.1. The molecule has 1 atom stereocenters. The van der Waals surface area contributed by atoms with Crippen molar-refractivity contribution in [3.8, 4) is 5.75 Å². The fourth-order valence-corrected chi connectivity index (χ4v) is 6.63. The minimum absolute atomic E-state index is 0. The number of hydrogen-bond acceptors (Lipinski definition) is 9. The lowest BCUT2D eigenvalue weighted by atomic mass is 9.98. The van der Waals surface area contributed by atoms with Gasteiger partial charge in [0.2, 0.25) is 0 Å². The van der Waals surface area contributed by atoms with Crippen LogP contribution in [0.15, 0.2) is 125 Å². The maximum Gasteiger partial charge on any atom is 0.322 e. The largest absolute Gasteiger partial charge is 0.507 e. The Balaban J connectivity index is 0.000000342. The number of phenolic OH excluding ortho intramolecular Hbond substituents is 1. The lowest BCUT2D eigenvalue weighted by Crippen LogP contribution is -2.32. The molecule has 6 N–H and O–H groups in total. The summed E-state index contributed by atoms with van der Waals surface area (Å²) in [7, 11) is 1.33. The molecule has 278 valence electrons. The molecule has 1 saturated carbocycles. The third-order valence-electron chi connectivity index (χ3n) is 8.12. The first-order valence-electron chi connectivity index (χ1n) is 17.2. The van der Waals surface area contributed by atoms with E-state index in [4.69, 9.17) is 15.9 Å². The molecule has 0 bridgehead atoms. The van der Waals surface area contributed by atoms with Crippen molar-refractivity contribution in [3.63, 3.8) is 0 Å². The van der Waals surface area contributed by atoms with Crippen LogP contribution in [0.5, 0.6) is 5.75 Å². The van der Waals surface area contributed by atoms with Crippen molar-refractivity contribution in [2.45, 2.75) is 61.0 Å². The summed E-state index contributed by atoms with van der Waals surface area (Å²) in [5, 5.41) is 25.2. The zero-order valence-corrected chi connectivity index (χ0v) is 31.4. The minimum Gasteiger partial charge on any atom is -0.507 e. The number of allylic oxidation sites excluding steroid dienone is 1. The second-order valence-electron chi connectivity index (χ2n) is 12.1. The number of carbonyl (C=O) groups is 2. The van der Waals surface area contributed by atoms with E-state index in [2.05, 4.69) is 15.4 Å². The van der Waals surface area contributed by atoms with E-state index in [0.29, 0.717) is 22.6 Å². The molecule has 5 aromatic rings. The van der Waals surface area contributed by atoms with Crippen LogP contribution >= 0.6 is 20.4 Å². The van der Waals surface area contributed by atoms with Crippen molar-refractivity contribution in [1.82, 2.24) is 10.3 Å². The number of hydrogen-bond donors (Lipinski definition) is 5. The molecule has 10 nitrogen and oxygen atoms in total. The molecule has 0 radical (unpaired) electrons. The molecule has 4 aromatic carbocycles. The van der Waals surface area contributed by atoms with Crippen molar-refractivity contribution in [3.05, 3.63) is 132 Å². The van der Waals surface area contributed by atoms with Crippen LogP contribution in [0.3, 0.4) is 0 Å². The Morgan fingerprint density at radius 2 is 1.70 bits per heavy atom. The van der Waals surface area contributed by atoms with Gasteiger partial charge in [0.05, 0.1) is 22.7 Å². The molecular weight excluding hydrogens is 706 g/mol. The van der Waals surface area contributed by atoms with Crippen molar-refractivity contribution in [2.75, 3.05) is 12.1 Å². The molecule has 0 saturated heterocycles. The second-order valence-corrected chi connectivity index (χ2v) is 13.6. The van der Waals surface area contributed by atoms with Gasteiger partial charge in [0.1, 0.15) is 17.9 Å². The summed E-state index contributed by atoms with van der Waals surface area (Å²) in [6.07, 6.45) is 10.9. The summed E-state index contributed by atoms with van der Waals surface area (Å²) in [5.41, 5.74) is 8.13. The Kier molecular flexibility index (Phi) is 16.2. The van der Waals surface area contributed by atoms with E-state index >= 15 is 0 Å². The van der Waals surface area contributed by atoms with Gasteiger partial charge in [-0.25, -0.2) is 4.57 Å². The van der Waals surface area contributed by atoms with E-state index in [1.54, 1.807) is 50.5 Å². The van der Waals surface area contributed by atoms with E-state index < -0.39 is 6.04 Å². The fourth-order valence-electron chi connectivity index (χ4n) is 5.36. The summed E-state index contributed by atoms with van der Waals surface area (Å²) in [4.78, 5) is 29.0. The number of nitrogens with two attached hydrogens (primary N) is 1. The minimum atomic E-state index is -0.480. The number of amides is 1. The Labute approximate surface area is 319 Å². The quantitative estimate of drug-likeness (QED) is 0.0530. The smallest absolute Gasteiger partial charge is 0.322 e. The molecular formula is C41H48N5O5PS. The van der Waals surface area contributed by atoms with Crippen molar-refractivity contribution in [2.24, 2.45) is 5.73 Å². The Bertz CT molecular complexity index is 2030. The molecule has 1 aromatic heterocycles. The van der Waals surface area contributed by atoms with Gasteiger partial charge in [0.15, 0.2) is 0 Å². The number of nitrogens with one attached hydrogen (secondary N) is 3. The van der Waals surface area contributed by atoms with E-state index in [-0.39, 0.29) is 35.2 Å². The summed E-state index contributed by atoms with van der Waals surface area (Å²) in [6, 6.07) is 31.2. The SMILES string of the molecule is CNC(=O)c1ccccc1Sc1ccc(C(=N)/C=C/c2ccccn2)c(NP=O)c1.C[C@H](N)C(=O)OC1CCCCC1.Oc1cccc2ccccc12.[HH].[HH]. The summed E-state index contributed by atoms with van der Waals surface area (Å²) in [5.74, 6) is -0.0717. The van der Waals surface area contributed by atoms with Gasteiger partial charge in [0.25, 0.3) is 14.5 Å². The van der Waals surface area contributed by atoms with Crippen LogP contribution in [-0.2, 0) is 14.1 Å². The van der Waals surface area contributed by atoms with Gasteiger partial charge in [0, 0.05) is 36.8 Å². The number of fused-ring (bicyclic) bond motifs is 1. The van der Waals surface area contributed by atoms with E-state index in [0.717, 1.165) is 39.1 Å². The van der Waals surface area contributed by atoms with Crippen molar-refractivity contribution >= 4 is 60.5 Å². The summed E-state index contributed by atoms with van der Waals surface area (Å²) >= 11 is 1.42. The van der Waals surface area contributed by atoms with Crippen LogP contribution in [0.2, 0.25) is 0 Å². The zero-order chi connectivity index (χ0) is 38.0. The molecule has 1 amide bonds. The van der Waals surface area contributed by atoms with Crippen LogP contribution in [0.1, 0.15) is 63.5 Å². The number of rotatable bonds is 10.